The first-order valence-electron chi connectivity index (χ1n) is 4.53. The Balaban J connectivity index is 4.55. The van der Waals surface area contributed by atoms with Gasteiger partial charge in [-0.1, -0.05) is 0 Å². The molecule has 0 rings (SSSR count). The second-order valence-electron chi connectivity index (χ2n) is 3.45. The van der Waals surface area contributed by atoms with Crippen LogP contribution in [0.2, 0.25) is 5.32 Å². The molecule has 72 valence electrons. The molecule has 0 aliphatic carbocycles. The third-order valence-electron chi connectivity index (χ3n) is 1.57. The summed E-state index contributed by atoms with van der Waals surface area (Å²) in [6.45, 7) is 10.1. The topological polar surface area (TPSA) is 0 Å². The van der Waals surface area contributed by atoms with E-state index in [2.05, 4.69) is 20.8 Å². The van der Waals surface area contributed by atoms with E-state index in [4.69, 9.17) is 0 Å². The van der Waals surface area contributed by atoms with Crippen LogP contribution in [-0.4, -0.2) is 15.0 Å². The molecule has 0 aromatic heterocycles. The van der Waals surface area contributed by atoms with Crippen molar-refractivity contribution in [1.82, 2.24) is 0 Å². The van der Waals surface area contributed by atoms with Crippen LogP contribution in [0.4, 0.5) is 4.39 Å². The first-order chi connectivity index (χ1) is 5.50. The maximum atomic E-state index is 13.5. The van der Waals surface area contributed by atoms with Gasteiger partial charge in [0.2, 0.25) is 0 Å². The van der Waals surface area contributed by atoms with E-state index < -0.39 is 0 Å². The average molecular weight is 237 g/mol. The van der Waals surface area contributed by atoms with Crippen LogP contribution in [0.3, 0.4) is 0 Å². The molecule has 0 aromatic rings. The number of hydrogen-bond acceptors (Lipinski definition) is 0. The second-order valence-corrected chi connectivity index (χ2v) is 6.19. The summed E-state index contributed by atoms with van der Waals surface area (Å²) in [7, 11) is 0. The molecule has 0 radical (unpaired) electrons. The minimum atomic E-state index is 0.0656. The molecule has 0 saturated carbocycles. The molecule has 2 heteroatoms. The number of hydrogen-bond donors (Lipinski definition) is 0. The van der Waals surface area contributed by atoms with Crippen LogP contribution < -0.4 is 0 Å². The summed E-state index contributed by atoms with van der Waals surface area (Å²) in [4.78, 5) is 0. The fourth-order valence-electron chi connectivity index (χ4n) is 0.951. The summed E-state index contributed by atoms with van der Waals surface area (Å²) >= 11 is 0.364. The number of allylic oxidation sites excluding steroid dienone is 2. The fraction of sp³-hybridized carbons (Fsp3) is 0.800. The molecule has 0 saturated heterocycles. The monoisotopic (exact) mass is 238 g/mol. The van der Waals surface area contributed by atoms with Crippen LogP contribution in [0, 0.1) is 11.8 Å². The molecule has 0 unspecified atom stereocenters. The Morgan fingerprint density at radius 2 is 1.67 bits per heavy atom. The Labute approximate surface area is 81.8 Å². The van der Waals surface area contributed by atoms with Crippen LogP contribution in [0.25, 0.3) is 0 Å². The normalized spacial score (nSPS) is 14.0. The van der Waals surface area contributed by atoms with Gasteiger partial charge in [0.1, 0.15) is 0 Å². The van der Waals surface area contributed by atoms with E-state index in [9.17, 15) is 4.39 Å². The van der Waals surface area contributed by atoms with Crippen molar-refractivity contribution in [3.05, 3.63) is 10.3 Å². The van der Waals surface area contributed by atoms with Gasteiger partial charge in [-0.25, -0.2) is 0 Å². The molecule has 0 aliphatic heterocycles. The van der Waals surface area contributed by atoms with Crippen molar-refractivity contribution in [2.45, 2.75) is 39.9 Å². The van der Waals surface area contributed by atoms with Crippen molar-refractivity contribution in [3.63, 3.8) is 0 Å². The van der Waals surface area contributed by atoms with Gasteiger partial charge in [-0.15, -0.1) is 0 Å². The molecule has 0 fully saturated rings. The summed E-state index contributed by atoms with van der Waals surface area (Å²) in [5, 5.41) is 1.10. The van der Waals surface area contributed by atoms with Crippen molar-refractivity contribution in [2.75, 3.05) is 0 Å². The van der Waals surface area contributed by atoms with Crippen molar-refractivity contribution in [2.24, 2.45) is 11.8 Å². The predicted octanol–water partition coefficient (Wildman–Crippen LogP) is 3.62. The van der Waals surface area contributed by atoms with Crippen LogP contribution >= 0.6 is 0 Å². The number of rotatable bonds is 4. The molecule has 12 heavy (non-hydrogen) atoms. The van der Waals surface area contributed by atoms with Crippen LogP contribution in [0.15, 0.2) is 10.3 Å². The van der Waals surface area contributed by atoms with E-state index in [0.29, 0.717) is 20.9 Å². The van der Waals surface area contributed by atoms with E-state index in [1.54, 1.807) is 0 Å². The van der Waals surface area contributed by atoms with Crippen LogP contribution in [-0.2, 0) is 0 Å². The standard InChI is InChI=1S/C10H19FSe/c1-6-12-10(8(4)5)9(11)7(2)3/h7-8H,6H2,1-5H3/b10-9+. The zero-order chi connectivity index (χ0) is 9.72. The van der Waals surface area contributed by atoms with Gasteiger partial charge in [0.15, 0.2) is 0 Å². The Morgan fingerprint density at radius 3 is 1.92 bits per heavy atom. The summed E-state index contributed by atoms with van der Waals surface area (Å²) in [5.74, 6) is 0.579. The SMILES string of the molecule is CC[Se]/C(=C(/F)C(C)C)C(C)C. The third-order valence-corrected chi connectivity index (χ3v) is 4.22. The molecule has 0 spiro atoms. The molecule has 0 bridgehead atoms. The van der Waals surface area contributed by atoms with E-state index in [1.165, 1.54) is 0 Å². The summed E-state index contributed by atoms with van der Waals surface area (Å²) < 4.78 is 14.6. The molecule has 0 aromatic carbocycles. The molecular weight excluding hydrogens is 218 g/mol. The van der Waals surface area contributed by atoms with Gasteiger partial charge in [-0.05, 0) is 0 Å². The van der Waals surface area contributed by atoms with Crippen molar-refractivity contribution in [1.29, 1.82) is 0 Å². The van der Waals surface area contributed by atoms with Gasteiger partial charge in [-0.2, -0.15) is 0 Å². The number of halogens is 1. The van der Waals surface area contributed by atoms with Gasteiger partial charge in [-0.3, -0.25) is 0 Å². The van der Waals surface area contributed by atoms with Gasteiger partial charge in [0.25, 0.3) is 0 Å². The second kappa shape index (κ2) is 5.77. The Morgan fingerprint density at radius 1 is 1.17 bits per heavy atom. The minimum absolute atomic E-state index is 0.0656. The van der Waals surface area contributed by atoms with E-state index in [1.807, 2.05) is 13.8 Å². The fourth-order valence-corrected chi connectivity index (χ4v) is 3.09. The Hall–Kier alpha value is 0.189. The first-order valence-corrected chi connectivity index (χ1v) is 6.59. The summed E-state index contributed by atoms with van der Waals surface area (Å²) in [6.07, 6.45) is 0. The summed E-state index contributed by atoms with van der Waals surface area (Å²) in [6, 6.07) is 0. The zero-order valence-electron chi connectivity index (χ0n) is 8.65. The molecule has 0 aliphatic rings. The van der Waals surface area contributed by atoms with Gasteiger partial charge in [0.05, 0.1) is 0 Å². The van der Waals surface area contributed by atoms with Crippen LogP contribution in [0.5, 0.6) is 0 Å². The molecule has 0 atom stereocenters. The predicted molar refractivity (Wildman–Crippen MR) is 54.0 cm³/mol. The van der Waals surface area contributed by atoms with Crippen molar-refractivity contribution < 1.29 is 4.39 Å². The van der Waals surface area contributed by atoms with Crippen LogP contribution in [0.1, 0.15) is 34.6 Å². The van der Waals surface area contributed by atoms with E-state index in [0.717, 1.165) is 9.79 Å². The van der Waals surface area contributed by atoms with Gasteiger partial charge >= 0.3 is 81.4 Å². The van der Waals surface area contributed by atoms with E-state index in [-0.39, 0.29) is 11.7 Å². The van der Waals surface area contributed by atoms with Crippen molar-refractivity contribution in [3.8, 4) is 0 Å². The first kappa shape index (κ1) is 12.2. The Kier molecular flexibility index (Phi) is 5.86. The van der Waals surface area contributed by atoms with E-state index >= 15 is 0 Å². The van der Waals surface area contributed by atoms with Gasteiger partial charge in [0, 0.05) is 0 Å². The van der Waals surface area contributed by atoms with Crippen molar-refractivity contribution >= 4 is 15.0 Å². The quantitative estimate of drug-likeness (QED) is 0.655. The molecule has 0 amide bonds. The zero-order valence-corrected chi connectivity index (χ0v) is 10.4. The molecule has 0 N–H and O–H groups in total. The molecular formula is C10H19FSe. The van der Waals surface area contributed by atoms with Gasteiger partial charge < -0.3 is 0 Å². The molecule has 0 heterocycles. The Bertz CT molecular complexity index is 159. The molecule has 0 nitrogen and oxygen atoms in total. The maximum absolute atomic E-state index is 13.5. The third kappa shape index (κ3) is 3.73. The summed E-state index contributed by atoms with van der Waals surface area (Å²) in [5.41, 5.74) is 0. The average Bonchev–Trinajstić information content (AvgIpc) is 1.98.